The number of hydrogen-bond donors (Lipinski definition) is 3. The Morgan fingerprint density at radius 2 is 1.59 bits per heavy atom. The zero-order chi connectivity index (χ0) is 36.1. The third kappa shape index (κ3) is 9.58. The van der Waals surface area contributed by atoms with Crippen molar-refractivity contribution in [3.63, 3.8) is 0 Å². The minimum absolute atomic E-state index is 0.0317. The minimum atomic E-state index is -4.69. The first-order valence-electron chi connectivity index (χ1n) is 15.5. The molecule has 0 aliphatic heterocycles. The van der Waals surface area contributed by atoms with E-state index in [9.17, 15) is 36.3 Å². The number of nitrogens with one attached hydrogen (secondary N) is 2. The zero-order valence-electron chi connectivity index (χ0n) is 27.5. The number of carbonyl (C=O) groups excluding carboxylic acids is 2. The summed E-state index contributed by atoms with van der Waals surface area (Å²) >= 11 is 0. The highest BCUT2D eigenvalue weighted by Gasteiger charge is 2.39. The lowest BCUT2D eigenvalue weighted by Crippen LogP contribution is -2.42. The second kappa shape index (κ2) is 14.7. The van der Waals surface area contributed by atoms with E-state index in [4.69, 9.17) is 9.84 Å². The van der Waals surface area contributed by atoms with Gasteiger partial charge in [-0.2, -0.15) is 22.0 Å². The quantitative estimate of drug-likeness (QED) is 0.185. The van der Waals surface area contributed by atoms with Crippen LogP contribution in [0.5, 0.6) is 5.75 Å². The van der Waals surface area contributed by atoms with Crippen LogP contribution in [0.2, 0.25) is 0 Å². The van der Waals surface area contributed by atoms with Crippen molar-refractivity contribution >= 4 is 34.9 Å². The van der Waals surface area contributed by atoms with E-state index in [1.807, 2.05) is 17.4 Å². The first-order valence-corrected chi connectivity index (χ1v) is 15.5. The van der Waals surface area contributed by atoms with Gasteiger partial charge in [-0.25, -0.2) is 9.59 Å². The summed E-state index contributed by atoms with van der Waals surface area (Å²) in [6, 6.07) is 15.0. The Bertz CT molecular complexity index is 1700. The molecule has 1 aliphatic rings. The Balaban J connectivity index is 1.59. The third-order valence-corrected chi connectivity index (χ3v) is 8.49. The molecule has 1 aliphatic carbocycles. The molecule has 0 aromatic heterocycles. The second-order valence-electron chi connectivity index (χ2n) is 13.0. The highest BCUT2D eigenvalue weighted by molar-refractivity contribution is 6.02. The Morgan fingerprint density at radius 1 is 0.939 bits per heavy atom. The van der Waals surface area contributed by atoms with Gasteiger partial charge < -0.3 is 20.5 Å². The number of rotatable bonds is 10. The Morgan fingerprint density at radius 3 is 2.12 bits per heavy atom. The predicted octanol–water partition coefficient (Wildman–Crippen LogP) is 8.63. The third-order valence-electron chi connectivity index (χ3n) is 8.49. The number of aliphatic carboxylic acids is 1. The number of carboxylic acid groups (broad SMARTS) is 1. The second-order valence-corrected chi connectivity index (χ2v) is 13.0. The molecule has 0 bridgehead atoms. The van der Waals surface area contributed by atoms with Crippen molar-refractivity contribution < 1.29 is 46.2 Å². The molecule has 1 atom stereocenters. The molecule has 0 spiro atoms. The maximum atomic E-state index is 13.7. The van der Waals surface area contributed by atoms with Crippen LogP contribution < -0.4 is 20.3 Å². The molecule has 3 amide bonds. The van der Waals surface area contributed by atoms with Crippen LogP contribution in [0.25, 0.3) is 5.57 Å². The van der Waals surface area contributed by atoms with Crippen LogP contribution in [0.1, 0.15) is 67.1 Å². The summed E-state index contributed by atoms with van der Waals surface area (Å²) in [5.74, 6) is -6.99. The fourth-order valence-corrected chi connectivity index (χ4v) is 5.48. The van der Waals surface area contributed by atoms with E-state index in [2.05, 4.69) is 32.2 Å². The molecule has 262 valence electrons. The Labute approximate surface area is 280 Å². The first kappa shape index (κ1) is 36.9. The Hall–Kier alpha value is -4.94. The van der Waals surface area contributed by atoms with Crippen LogP contribution in [0, 0.1) is 11.3 Å². The van der Waals surface area contributed by atoms with Crippen LogP contribution in [0.15, 0.2) is 72.8 Å². The molecule has 13 heteroatoms. The topological polar surface area (TPSA) is 108 Å². The summed E-state index contributed by atoms with van der Waals surface area (Å²) in [6.45, 7) is 5.20. The average Bonchev–Trinajstić information content (AvgIpc) is 3.05. The van der Waals surface area contributed by atoms with Crippen LogP contribution in [-0.4, -0.2) is 42.6 Å². The molecule has 3 aromatic rings. The van der Waals surface area contributed by atoms with Gasteiger partial charge in [0, 0.05) is 23.0 Å². The van der Waals surface area contributed by atoms with Crippen LogP contribution >= 0.6 is 0 Å². The monoisotopic (exact) mass is 687 g/mol. The van der Waals surface area contributed by atoms with E-state index in [1.165, 1.54) is 47.9 Å². The summed E-state index contributed by atoms with van der Waals surface area (Å²) < 4.78 is 72.5. The molecule has 1 unspecified atom stereocenters. The molecular formula is C36H38F5N3O5. The summed E-state index contributed by atoms with van der Waals surface area (Å²) in [4.78, 5) is 38.0. The van der Waals surface area contributed by atoms with Gasteiger partial charge in [0.2, 0.25) is 0 Å². The van der Waals surface area contributed by atoms with E-state index in [-0.39, 0.29) is 29.0 Å². The number of halogens is 5. The summed E-state index contributed by atoms with van der Waals surface area (Å²) in [5.41, 5.74) is 2.11. The van der Waals surface area contributed by atoms with Gasteiger partial charge in [0.05, 0.1) is 25.8 Å². The number of urea groups is 1. The lowest BCUT2D eigenvalue weighted by atomic mass is 9.72. The van der Waals surface area contributed by atoms with Crippen LogP contribution in [-0.2, 0) is 17.5 Å². The molecule has 0 radical (unpaired) electrons. The SMILES string of the molecule is COc1cc(NC(=O)N(Cc2ccc(C(=O)NCC(F)(F)C(=O)O)cc2)c2ccc(C3=CCC(C(C)(C)C)CC3)cc2)cc(C(F)(F)F)c1. The number of hydrogen-bond acceptors (Lipinski definition) is 4. The minimum Gasteiger partial charge on any atom is -0.497 e. The van der Waals surface area contributed by atoms with Crippen molar-refractivity contribution in [1.29, 1.82) is 0 Å². The lowest BCUT2D eigenvalue weighted by molar-refractivity contribution is -0.163. The number of benzene rings is 3. The lowest BCUT2D eigenvalue weighted by Gasteiger charge is -2.33. The number of ether oxygens (including phenoxy) is 1. The van der Waals surface area contributed by atoms with Gasteiger partial charge in [0.15, 0.2) is 0 Å². The molecule has 49 heavy (non-hydrogen) atoms. The average molecular weight is 688 g/mol. The number of carboxylic acids is 1. The molecule has 3 aromatic carbocycles. The molecule has 0 saturated carbocycles. The number of allylic oxidation sites excluding steroid dienone is 2. The van der Waals surface area contributed by atoms with Crippen molar-refractivity contribution in [3.05, 3.63) is 95.1 Å². The fourth-order valence-electron chi connectivity index (χ4n) is 5.48. The summed E-state index contributed by atoms with van der Waals surface area (Å²) in [6.07, 6.45) is 0.437. The van der Waals surface area contributed by atoms with Gasteiger partial charge in [0.25, 0.3) is 5.91 Å². The maximum absolute atomic E-state index is 13.7. The zero-order valence-corrected chi connectivity index (χ0v) is 27.5. The molecular weight excluding hydrogens is 649 g/mol. The van der Waals surface area contributed by atoms with E-state index < -0.39 is 42.1 Å². The number of nitrogens with zero attached hydrogens (tertiary/aromatic N) is 1. The fraction of sp³-hybridized carbons (Fsp3) is 0.361. The van der Waals surface area contributed by atoms with E-state index in [0.29, 0.717) is 17.2 Å². The van der Waals surface area contributed by atoms with E-state index in [1.54, 1.807) is 12.1 Å². The van der Waals surface area contributed by atoms with Crippen molar-refractivity contribution in [2.45, 2.75) is 58.7 Å². The summed E-state index contributed by atoms with van der Waals surface area (Å²) in [5, 5.41) is 13.0. The predicted molar refractivity (Wildman–Crippen MR) is 176 cm³/mol. The molecule has 8 nitrogen and oxygen atoms in total. The largest absolute Gasteiger partial charge is 0.497 e. The molecule has 0 heterocycles. The normalized spacial score (nSPS) is 15.2. The number of anilines is 2. The number of alkyl halides is 5. The molecule has 0 fully saturated rings. The van der Waals surface area contributed by atoms with Gasteiger partial charge in [-0.3, -0.25) is 9.69 Å². The maximum Gasteiger partial charge on any atom is 0.416 e. The Kier molecular flexibility index (Phi) is 11.0. The van der Waals surface area contributed by atoms with Gasteiger partial charge in [-0.1, -0.05) is 51.1 Å². The van der Waals surface area contributed by atoms with E-state index in [0.717, 1.165) is 37.0 Å². The number of amides is 3. The number of carbonyl (C=O) groups is 3. The first-order chi connectivity index (χ1) is 22.9. The van der Waals surface area contributed by atoms with Crippen molar-refractivity contribution in [3.8, 4) is 5.75 Å². The molecule has 0 saturated heterocycles. The highest BCUT2D eigenvalue weighted by atomic mass is 19.4. The van der Waals surface area contributed by atoms with E-state index >= 15 is 0 Å². The van der Waals surface area contributed by atoms with Gasteiger partial charge in [-0.05, 0) is 83.7 Å². The molecule has 3 N–H and O–H groups in total. The van der Waals surface area contributed by atoms with Crippen molar-refractivity contribution in [2.75, 3.05) is 23.9 Å². The molecule has 4 rings (SSSR count). The van der Waals surface area contributed by atoms with Crippen LogP contribution in [0.4, 0.5) is 38.1 Å². The highest BCUT2D eigenvalue weighted by Crippen LogP contribution is 2.40. The smallest absolute Gasteiger partial charge is 0.416 e. The van der Waals surface area contributed by atoms with Crippen LogP contribution in [0.3, 0.4) is 0 Å². The van der Waals surface area contributed by atoms with Gasteiger partial charge >= 0.3 is 24.1 Å². The van der Waals surface area contributed by atoms with Crippen molar-refractivity contribution in [2.24, 2.45) is 11.3 Å². The van der Waals surface area contributed by atoms with Gasteiger partial charge in [-0.15, -0.1) is 0 Å². The summed E-state index contributed by atoms with van der Waals surface area (Å²) in [7, 11) is 1.21. The number of methoxy groups -OCH3 is 1. The van der Waals surface area contributed by atoms with Crippen molar-refractivity contribution in [1.82, 2.24) is 5.32 Å². The van der Waals surface area contributed by atoms with Gasteiger partial charge in [0.1, 0.15) is 5.75 Å². The standard InChI is InChI=1S/C36H38F5N3O5/c1-34(2,3)26-13-9-23(10-14-26)24-11-15-29(16-12-24)44(33(48)43-28-17-27(36(39,40)41)18-30(19-28)49-4)20-22-5-7-25(8-6-22)31(45)42-21-35(37,38)32(46)47/h5-9,11-12,15-19,26H,10,13-14,20-21H2,1-4H3,(H,42,45)(H,43,48)(H,46,47).